The van der Waals surface area contributed by atoms with Gasteiger partial charge in [-0.05, 0) is 30.2 Å². The van der Waals surface area contributed by atoms with Gasteiger partial charge in [0.15, 0.2) is 5.78 Å². The first-order valence-corrected chi connectivity index (χ1v) is 4.57. The van der Waals surface area contributed by atoms with Crippen LogP contribution in [0.5, 0.6) is 0 Å². The Kier molecular flexibility index (Phi) is 2.20. The monoisotopic (exact) mass is 182 g/mol. The van der Waals surface area contributed by atoms with E-state index in [9.17, 15) is 4.79 Å². The highest BCUT2D eigenvalue weighted by Crippen LogP contribution is 2.18. The van der Waals surface area contributed by atoms with Gasteiger partial charge in [0.1, 0.15) is 0 Å². The van der Waals surface area contributed by atoms with Crippen molar-refractivity contribution in [1.29, 1.82) is 0 Å². The molecule has 0 bridgehead atoms. The molecule has 0 N–H and O–H groups in total. The van der Waals surface area contributed by atoms with E-state index in [1.54, 1.807) is 6.92 Å². The summed E-state index contributed by atoms with van der Waals surface area (Å²) in [5.74, 6) is 6.04. The van der Waals surface area contributed by atoms with Crippen molar-refractivity contribution in [1.82, 2.24) is 0 Å². The van der Waals surface area contributed by atoms with E-state index in [4.69, 9.17) is 0 Å². The minimum absolute atomic E-state index is 0.110. The molecule has 1 aromatic carbocycles. The Labute approximate surface area is 83.5 Å². The van der Waals surface area contributed by atoms with E-state index < -0.39 is 0 Å². The Bertz CT molecular complexity index is 470. The second-order valence-corrected chi connectivity index (χ2v) is 3.26. The number of hydrogen-bond acceptors (Lipinski definition) is 1. The predicted molar refractivity (Wildman–Crippen MR) is 57.0 cm³/mol. The van der Waals surface area contributed by atoms with E-state index in [2.05, 4.69) is 11.8 Å². The lowest BCUT2D eigenvalue weighted by molar-refractivity contribution is 0.101. The molecule has 0 atom stereocenters. The Hall–Kier alpha value is -1.81. The van der Waals surface area contributed by atoms with Gasteiger partial charge >= 0.3 is 0 Å². The van der Waals surface area contributed by atoms with Gasteiger partial charge in [0, 0.05) is 12.0 Å². The van der Waals surface area contributed by atoms with E-state index in [0.29, 0.717) is 6.42 Å². The van der Waals surface area contributed by atoms with Crippen LogP contribution in [0.4, 0.5) is 0 Å². The Morgan fingerprint density at radius 2 is 2.29 bits per heavy atom. The molecule has 1 nitrogen and oxygen atoms in total. The molecule has 2 rings (SSSR count). The van der Waals surface area contributed by atoms with Crippen LogP contribution in [0.15, 0.2) is 24.3 Å². The first kappa shape index (κ1) is 8.77. The lowest BCUT2D eigenvalue weighted by Crippen LogP contribution is -2.00. The van der Waals surface area contributed by atoms with E-state index in [1.807, 2.05) is 30.4 Å². The third-order valence-electron chi connectivity index (χ3n) is 2.31. The van der Waals surface area contributed by atoms with Crippen LogP contribution in [0.25, 0.3) is 6.08 Å². The number of Topliss-reactive ketones (excluding diaryl/α,β-unsaturated/α-hetero) is 1. The quantitative estimate of drug-likeness (QED) is 0.481. The Morgan fingerprint density at radius 3 is 3.07 bits per heavy atom. The maximum atomic E-state index is 11.4. The first-order valence-electron chi connectivity index (χ1n) is 4.57. The minimum atomic E-state index is 0.110. The summed E-state index contributed by atoms with van der Waals surface area (Å²) in [6.45, 7) is 1.59. The van der Waals surface area contributed by atoms with Gasteiger partial charge in [-0.2, -0.15) is 0 Å². The van der Waals surface area contributed by atoms with Crippen LogP contribution >= 0.6 is 0 Å². The molecular weight excluding hydrogens is 172 g/mol. The summed E-state index contributed by atoms with van der Waals surface area (Å²) in [5, 5.41) is 0. The number of benzene rings is 1. The topological polar surface area (TPSA) is 17.1 Å². The van der Waals surface area contributed by atoms with Crippen molar-refractivity contribution >= 4 is 11.9 Å². The van der Waals surface area contributed by atoms with Gasteiger partial charge in [0.05, 0.1) is 0 Å². The fourth-order valence-electron chi connectivity index (χ4n) is 1.62. The average molecular weight is 182 g/mol. The van der Waals surface area contributed by atoms with Crippen LogP contribution in [-0.2, 0) is 6.42 Å². The predicted octanol–water partition coefficient (Wildman–Crippen LogP) is 2.46. The lowest BCUT2D eigenvalue weighted by Gasteiger charge is -2.06. The SMILES string of the molecule is CC(=O)c1cccc2c1CC#CC=C2. The van der Waals surface area contributed by atoms with Crippen LogP contribution in [0.2, 0.25) is 0 Å². The molecule has 1 aromatic rings. The van der Waals surface area contributed by atoms with Crippen LogP contribution in [-0.4, -0.2) is 5.78 Å². The number of fused-ring (bicyclic) bond motifs is 1. The summed E-state index contributed by atoms with van der Waals surface area (Å²) in [7, 11) is 0. The summed E-state index contributed by atoms with van der Waals surface area (Å²) in [6.07, 6.45) is 4.45. The molecule has 0 saturated heterocycles. The fourth-order valence-corrected chi connectivity index (χ4v) is 1.62. The zero-order chi connectivity index (χ0) is 9.97. The third kappa shape index (κ3) is 1.47. The van der Waals surface area contributed by atoms with Crippen LogP contribution < -0.4 is 0 Å². The first-order chi connectivity index (χ1) is 6.79. The number of allylic oxidation sites excluding steroid dienone is 1. The number of ketones is 1. The molecule has 0 heterocycles. The van der Waals surface area contributed by atoms with Crippen molar-refractivity contribution in [2.45, 2.75) is 13.3 Å². The second kappa shape index (κ2) is 3.51. The van der Waals surface area contributed by atoms with Gasteiger partial charge < -0.3 is 0 Å². The zero-order valence-corrected chi connectivity index (χ0v) is 8.00. The molecule has 0 radical (unpaired) electrons. The molecule has 0 amide bonds. The van der Waals surface area contributed by atoms with Crippen molar-refractivity contribution in [3.63, 3.8) is 0 Å². The molecule has 0 spiro atoms. The number of hydrogen-bond donors (Lipinski definition) is 0. The normalized spacial score (nSPS) is 12.4. The van der Waals surface area contributed by atoms with Crippen molar-refractivity contribution in [2.75, 3.05) is 0 Å². The van der Waals surface area contributed by atoms with Gasteiger partial charge in [-0.3, -0.25) is 4.79 Å². The second-order valence-electron chi connectivity index (χ2n) is 3.26. The van der Waals surface area contributed by atoms with Crippen molar-refractivity contribution < 1.29 is 4.79 Å². The van der Waals surface area contributed by atoms with Crippen molar-refractivity contribution in [3.8, 4) is 11.8 Å². The average Bonchev–Trinajstić information content (AvgIpc) is 2.41. The minimum Gasteiger partial charge on any atom is -0.295 e. The van der Waals surface area contributed by atoms with E-state index in [0.717, 1.165) is 16.7 Å². The molecule has 1 aliphatic carbocycles. The van der Waals surface area contributed by atoms with Gasteiger partial charge in [-0.1, -0.05) is 30.0 Å². The molecular formula is C13H10O. The summed E-state index contributed by atoms with van der Waals surface area (Å²) in [4.78, 5) is 11.4. The Balaban J connectivity index is 2.63. The maximum Gasteiger partial charge on any atom is 0.160 e. The lowest BCUT2D eigenvalue weighted by atomic mass is 9.97. The van der Waals surface area contributed by atoms with Crippen molar-refractivity contribution in [3.05, 3.63) is 41.0 Å². The summed E-state index contributed by atoms with van der Waals surface area (Å²) in [6, 6.07) is 5.78. The van der Waals surface area contributed by atoms with E-state index in [-0.39, 0.29) is 5.78 Å². The summed E-state index contributed by atoms with van der Waals surface area (Å²) < 4.78 is 0. The van der Waals surface area contributed by atoms with Gasteiger partial charge in [-0.15, -0.1) is 0 Å². The molecule has 14 heavy (non-hydrogen) atoms. The fraction of sp³-hybridized carbons (Fsp3) is 0.154. The van der Waals surface area contributed by atoms with Gasteiger partial charge in [0.2, 0.25) is 0 Å². The summed E-state index contributed by atoms with van der Waals surface area (Å²) in [5.41, 5.74) is 2.94. The molecule has 0 aliphatic heterocycles. The number of carbonyl (C=O) groups is 1. The Morgan fingerprint density at radius 1 is 1.43 bits per heavy atom. The molecule has 0 aromatic heterocycles. The highest BCUT2D eigenvalue weighted by molar-refractivity contribution is 5.96. The molecule has 0 saturated carbocycles. The van der Waals surface area contributed by atoms with E-state index in [1.165, 1.54) is 0 Å². The van der Waals surface area contributed by atoms with Gasteiger partial charge in [0.25, 0.3) is 0 Å². The number of rotatable bonds is 1. The smallest absolute Gasteiger partial charge is 0.160 e. The molecule has 1 aliphatic rings. The molecule has 68 valence electrons. The van der Waals surface area contributed by atoms with Gasteiger partial charge in [-0.25, -0.2) is 0 Å². The van der Waals surface area contributed by atoms with Crippen LogP contribution in [0.3, 0.4) is 0 Å². The molecule has 0 fully saturated rings. The number of carbonyl (C=O) groups excluding carboxylic acids is 1. The summed E-state index contributed by atoms with van der Waals surface area (Å²) >= 11 is 0. The van der Waals surface area contributed by atoms with E-state index >= 15 is 0 Å². The largest absolute Gasteiger partial charge is 0.295 e. The standard InChI is InChI=1S/C13H10O/c1-10(14)12-9-5-7-11-6-3-2-4-8-13(11)12/h3,5-7,9H,8H2,1H3. The van der Waals surface area contributed by atoms with Crippen LogP contribution in [0.1, 0.15) is 28.4 Å². The molecule has 0 unspecified atom stereocenters. The van der Waals surface area contributed by atoms with Crippen LogP contribution in [0, 0.1) is 11.8 Å². The third-order valence-corrected chi connectivity index (χ3v) is 2.31. The molecule has 1 heteroatoms. The zero-order valence-electron chi connectivity index (χ0n) is 8.00. The highest BCUT2D eigenvalue weighted by Gasteiger charge is 2.09. The maximum absolute atomic E-state index is 11.4. The highest BCUT2D eigenvalue weighted by atomic mass is 16.1. The van der Waals surface area contributed by atoms with Crippen molar-refractivity contribution in [2.24, 2.45) is 0 Å².